The highest BCUT2D eigenvalue weighted by Gasteiger charge is 2.30. The molecule has 3 unspecified atom stereocenters. The van der Waals surface area contributed by atoms with E-state index in [0.29, 0.717) is 12.0 Å². The number of carbonyl (C=O) groups is 1. The Hall–Kier alpha value is -0.610. The zero-order valence-electron chi connectivity index (χ0n) is 13.3. The second-order valence-electron chi connectivity index (χ2n) is 5.66. The monoisotopic (exact) mass is 269 g/mol. The molecule has 1 aliphatic rings. The Kier molecular flexibility index (Phi) is 6.80. The van der Waals surface area contributed by atoms with Crippen LogP contribution in [0.2, 0.25) is 0 Å². The van der Waals surface area contributed by atoms with E-state index in [1.807, 2.05) is 11.9 Å². The molecule has 1 N–H and O–H groups in total. The number of hydrogen-bond acceptors (Lipinski definition) is 3. The number of nitrogens with one attached hydrogen (secondary N) is 1. The van der Waals surface area contributed by atoms with Gasteiger partial charge in [-0.25, -0.2) is 0 Å². The number of piperidine rings is 1. The highest BCUT2D eigenvalue weighted by Crippen LogP contribution is 2.21. The van der Waals surface area contributed by atoms with Gasteiger partial charge in [-0.15, -0.1) is 0 Å². The van der Waals surface area contributed by atoms with E-state index in [2.05, 4.69) is 37.9 Å². The van der Waals surface area contributed by atoms with E-state index in [4.69, 9.17) is 0 Å². The summed E-state index contributed by atoms with van der Waals surface area (Å²) in [5.41, 5.74) is 0. The number of hydrogen-bond donors (Lipinski definition) is 1. The molecule has 0 bridgehead atoms. The summed E-state index contributed by atoms with van der Waals surface area (Å²) in [5.74, 6) is 0.938. The van der Waals surface area contributed by atoms with Crippen molar-refractivity contribution in [3.8, 4) is 0 Å². The highest BCUT2D eigenvalue weighted by atomic mass is 16.2. The predicted octanol–water partition coefficient (Wildman–Crippen LogP) is 1.56. The number of nitrogens with zero attached hydrogens (tertiary/aromatic N) is 2. The summed E-state index contributed by atoms with van der Waals surface area (Å²) in [4.78, 5) is 16.7. The lowest BCUT2D eigenvalue weighted by atomic mass is 9.91. The first kappa shape index (κ1) is 16.4. The quantitative estimate of drug-likeness (QED) is 0.795. The van der Waals surface area contributed by atoms with Gasteiger partial charge in [-0.1, -0.05) is 0 Å². The van der Waals surface area contributed by atoms with Gasteiger partial charge < -0.3 is 10.2 Å². The van der Waals surface area contributed by atoms with Gasteiger partial charge in [0.05, 0.1) is 6.04 Å². The van der Waals surface area contributed by atoms with E-state index >= 15 is 0 Å². The minimum atomic E-state index is 0.0201. The summed E-state index contributed by atoms with van der Waals surface area (Å²) in [6, 6.07) is 0.547. The smallest absolute Gasteiger partial charge is 0.239 e. The fourth-order valence-corrected chi connectivity index (χ4v) is 2.99. The number of amides is 1. The van der Waals surface area contributed by atoms with Gasteiger partial charge >= 0.3 is 0 Å². The Morgan fingerprint density at radius 3 is 2.53 bits per heavy atom. The normalized spacial score (nSPS) is 23.9. The van der Waals surface area contributed by atoms with Crippen LogP contribution in [0.1, 0.15) is 40.5 Å². The summed E-state index contributed by atoms with van der Waals surface area (Å²) in [5, 5.41) is 3.35. The third-order valence-electron chi connectivity index (χ3n) is 4.63. The van der Waals surface area contributed by atoms with Gasteiger partial charge in [0, 0.05) is 25.7 Å². The molecule has 0 aromatic rings. The topological polar surface area (TPSA) is 35.6 Å². The molecule has 0 aromatic heterocycles. The molecule has 1 fully saturated rings. The van der Waals surface area contributed by atoms with Crippen LogP contribution < -0.4 is 5.32 Å². The third-order valence-corrected chi connectivity index (χ3v) is 4.63. The van der Waals surface area contributed by atoms with Crippen LogP contribution >= 0.6 is 0 Å². The van der Waals surface area contributed by atoms with Crippen molar-refractivity contribution in [2.24, 2.45) is 5.92 Å². The molecule has 1 saturated heterocycles. The molecule has 3 atom stereocenters. The second-order valence-corrected chi connectivity index (χ2v) is 5.66. The molecule has 0 radical (unpaired) electrons. The van der Waals surface area contributed by atoms with E-state index in [1.54, 1.807) is 0 Å². The summed E-state index contributed by atoms with van der Waals surface area (Å²) in [7, 11) is 2.02. The summed E-state index contributed by atoms with van der Waals surface area (Å²) in [6.45, 7) is 12.1. The van der Waals surface area contributed by atoms with Gasteiger partial charge in [0.25, 0.3) is 0 Å². The van der Waals surface area contributed by atoms with Crippen molar-refractivity contribution in [1.82, 2.24) is 15.1 Å². The number of likely N-dealkylation sites (N-methyl/N-ethyl adjacent to an activating group) is 1. The van der Waals surface area contributed by atoms with Crippen LogP contribution in [0, 0.1) is 5.92 Å². The van der Waals surface area contributed by atoms with Crippen LogP contribution in [-0.2, 0) is 4.79 Å². The molecule has 4 heteroatoms. The molecule has 1 rings (SSSR count). The van der Waals surface area contributed by atoms with Crippen LogP contribution in [0.5, 0.6) is 0 Å². The Morgan fingerprint density at radius 2 is 2.00 bits per heavy atom. The van der Waals surface area contributed by atoms with Crippen LogP contribution in [0.25, 0.3) is 0 Å². The maximum absolute atomic E-state index is 12.4. The third kappa shape index (κ3) is 4.18. The average Bonchev–Trinajstić information content (AvgIpc) is 2.46. The lowest BCUT2D eigenvalue weighted by Gasteiger charge is -2.39. The largest absolute Gasteiger partial charge is 0.342 e. The van der Waals surface area contributed by atoms with Gasteiger partial charge in [-0.05, 0) is 60.0 Å². The van der Waals surface area contributed by atoms with Crippen molar-refractivity contribution in [2.75, 3.05) is 33.2 Å². The fourth-order valence-electron chi connectivity index (χ4n) is 2.99. The first-order valence-corrected chi connectivity index (χ1v) is 7.75. The maximum atomic E-state index is 12.4. The Balaban J connectivity index is 2.61. The zero-order chi connectivity index (χ0) is 14.4. The lowest BCUT2D eigenvalue weighted by Crippen LogP contribution is -2.52. The first-order chi connectivity index (χ1) is 9.04. The molecule has 0 aromatic carbocycles. The van der Waals surface area contributed by atoms with Crippen molar-refractivity contribution in [2.45, 2.75) is 52.6 Å². The van der Waals surface area contributed by atoms with Gasteiger partial charge in [-0.2, -0.15) is 0 Å². The minimum absolute atomic E-state index is 0.0201. The second kappa shape index (κ2) is 7.85. The fraction of sp³-hybridized carbons (Fsp3) is 0.933. The van der Waals surface area contributed by atoms with Crippen molar-refractivity contribution < 1.29 is 4.79 Å². The van der Waals surface area contributed by atoms with Crippen LogP contribution in [-0.4, -0.2) is 61.0 Å². The summed E-state index contributed by atoms with van der Waals surface area (Å²) in [6.07, 6.45) is 2.47. The Bertz CT molecular complexity index is 279. The SMILES string of the molecule is CCN(CC)C(=O)C(C)N1CCCC(C(C)NC)C1. The average molecular weight is 269 g/mol. The molecule has 1 amide bonds. The van der Waals surface area contributed by atoms with Gasteiger partial charge in [-0.3, -0.25) is 9.69 Å². The highest BCUT2D eigenvalue weighted by molar-refractivity contribution is 5.81. The molecule has 0 spiro atoms. The molecule has 1 heterocycles. The molecule has 19 heavy (non-hydrogen) atoms. The van der Waals surface area contributed by atoms with E-state index in [0.717, 1.165) is 26.2 Å². The molecular formula is C15H31N3O. The number of likely N-dealkylation sites (tertiary alicyclic amines) is 1. The molecule has 4 nitrogen and oxygen atoms in total. The van der Waals surface area contributed by atoms with Crippen molar-refractivity contribution >= 4 is 5.91 Å². The summed E-state index contributed by atoms with van der Waals surface area (Å²) >= 11 is 0. The first-order valence-electron chi connectivity index (χ1n) is 7.75. The van der Waals surface area contributed by atoms with E-state index in [1.165, 1.54) is 12.8 Å². The number of rotatable bonds is 6. The van der Waals surface area contributed by atoms with E-state index < -0.39 is 0 Å². The van der Waals surface area contributed by atoms with Crippen LogP contribution in [0.4, 0.5) is 0 Å². The van der Waals surface area contributed by atoms with Crippen LogP contribution in [0.15, 0.2) is 0 Å². The van der Waals surface area contributed by atoms with Gasteiger partial charge in [0.1, 0.15) is 0 Å². The van der Waals surface area contributed by atoms with Crippen molar-refractivity contribution in [3.05, 3.63) is 0 Å². The van der Waals surface area contributed by atoms with Gasteiger partial charge in [0.2, 0.25) is 5.91 Å². The lowest BCUT2D eigenvalue weighted by molar-refractivity contribution is -0.136. The van der Waals surface area contributed by atoms with Crippen molar-refractivity contribution in [1.29, 1.82) is 0 Å². The molecule has 1 aliphatic heterocycles. The molecule has 0 aliphatic carbocycles. The van der Waals surface area contributed by atoms with E-state index in [-0.39, 0.29) is 11.9 Å². The van der Waals surface area contributed by atoms with E-state index in [9.17, 15) is 4.79 Å². The Labute approximate surface area is 118 Å². The molecule has 0 saturated carbocycles. The molecular weight excluding hydrogens is 238 g/mol. The van der Waals surface area contributed by atoms with Crippen molar-refractivity contribution in [3.63, 3.8) is 0 Å². The van der Waals surface area contributed by atoms with Gasteiger partial charge in [0.15, 0.2) is 0 Å². The van der Waals surface area contributed by atoms with Crippen LogP contribution in [0.3, 0.4) is 0 Å². The molecule has 112 valence electrons. The maximum Gasteiger partial charge on any atom is 0.239 e. The zero-order valence-corrected chi connectivity index (χ0v) is 13.3. The minimum Gasteiger partial charge on any atom is -0.342 e. The summed E-state index contributed by atoms with van der Waals surface area (Å²) < 4.78 is 0. The Morgan fingerprint density at radius 1 is 1.37 bits per heavy atom. The predicted molar refractivity (Wildman–Crippen MR) is 80.2 cm³/mol. The standard InChI is InChI=1S/C15H31N3O/c1-6-17(7-2)15(19)13(4)18-10-8-9-14(11-18)12(3)16-5/h12-14,16H,6-11H2,1-5H3. The number of carbonyl (C=O) groups excluding carboxylic acids is 1.